The van der Waals surface area contributed by atoms with Crippen molar-refractivity contribution in [2.45, 2.75) is 6.04 Å². The van der Waals surface area contributed by atoms with Crippen LogP contribution in [0, 0.1) is 0 Å². The second-order valence-corrected chi connectivity index (χ2v) is 8.10. The van der Waals surface area contributed by atoms with Gasteiger partial charge in [0.25, 0.3) is 0 Å². The zero-order valence-corrected chi connectivity index (χ0v) is 15.4. The predicted molar refractivity (Wildman–Crippen MR) is 108 cm³/mol. The Bertz CT molecular complexity index is 1150. The number of hydrogen-bond acceptors (Lipinski definition) is 3. The maximum absolute atomic E-state index is 11.5. The van der Waals surface area contributed by atoms with Crippen molar-refractivity contribution in [3.8, 4) is 0 Å². The highest BCUT2D eigenvalue weighted by Crippen LogP contribution is 2.35. The Morgan fingerprint density at radius 2 is 1.56 bits per heavy atom. The molecular weight excluding hydrogens is 359 g/mol. The van der Waals surface area contributed by atoms with Crippen LogP contribution in [0.2, 0.25) is 0 Å². The SMILES string of the molecule is O=P(O)(O)CNC(c1ccc2ccccc2n1)c1cccc2ccccc12. The second kappa shape index (κ2) is 7.22. The minimum absolute atomic E-state index is 0.421. The maximum atomic E-state index is 11.5. The Morgan fingerprint density at radius 3 is 2.37 bits per heavy atom. The van der Waals surface area contributed by atoms with Gasteiger partial charge in [0.05, 0.1) is 23.5 Å². The molecule has 0 saturated heterocycles. The normalized spacial score (nSPS) is 13.1. The Morgan fingerprint density at radius 1 is 0.852 bits per heavy atom. The lowest BCUT2D eigenvalue weighted by Gasteiger charge is -2.21. The van der Waals surface area contributed by atoms with Crippen LogP contribution in [0.15, 0.2) is 78.9 Å². The highest BCUT2D eigenvalue weighted by Gasteiger charge is 2.22. The summed E-state index contributed by atoms with van der Waals surface area (Å²) in [7, 11) is -4.21. The molecule has 5 nitrogen and oxygen atoms in total. The molecule has 27 heavy (non-hydrogen) atoms. The van der Waals surface area contributed by atoms with E-state index >= 15 is 0 Å². The molecule has 1 unspecified atom stereocenters. The lowest BCUT2D eigenvalue weighted by atomic mass is 9.96. The van der Waals surface area contributed by atoms with Gasteiger partial charge in [-0.2, -0.15) is 0 Å². The predicted octanol–water partition coefficient (Wildman–Crippen LogP) is 4.20. The third-order valence-corrected chi connectivity index (χ3v) is 5.15. The molecule has 0 saturated carbocycles. The molecule has 3 aromatic carbocycles. The summed E-state index contributed by atoms with van der Waals surface area (Å²) in [5.41, 5.74) is 2.50. The van der Waals surface area contributed by atoms with Gasteiger partial charge < -0.3 is 9.79 Å². The first kappa shape index (κ1) is 17.8. The molecule has 0 aliphatic carbocycles. The van der Waals surface area contributed by atoms with Gasteiger partial charge in [-0.1, -0.05) is 66.7 Å². The zero-order valence-electron chi connectivity index (χ0n) is 14.5. The van der Waals surface area contributed by atoms with Gasteiger partial charge in [-0.3, -0.25) is 14.9 Å². The van der Waals surface area contributed by atoms with Crippen LogP contribution < -0.4 is 5.32 Å². The van der Waals surface area contributed by atoms with E-state index in [-0.39, 0.29) is 0 Å². The molecule has 0 fully saturated rings. The molecule has 1 aromatic heterocycles. The summed E-state index contributed by atoms with van der Waals surface area (Å²) in [6.07, 6.45) is -0.421. The molecule has 136 valence electrons. The van der Waals surface area contributed by atoms with Crippen molar-refractivity contribution in [2.24, 2.45) is 0 Å². The molecule has 1 heterocycles. The standard InChI is InChI=1S/C21H19N2O3P/c24-27(25,26)14-22-21(18-10-5-8-15-6-1-3-9-17(15)18)20-13-12-16-7-2-4-11-19(16)23-20/h1-13,21-22H,14H2,(H2,24,25,26). The number of nitrogens with one attached hydrogen (secondary N) is 1. The summed E-state index contributed by atoms with van der Waals surface area (Å²) in [6.45, 7) is 0. The van der Waals surface area contributed by atoms with Crippen molar-refractivity contribution in [3.63, 3.8) is 0 Å². The first-order valence-corrected chi connectivity index (χ1v) is 10.4. The maximum Gasteiger partial charge on any atom is 0.339 e. The molecule has 6 heteroatoms. The van der Waals surface area contributed by atoms with Crippen LogP contribution in [0.3, 0.4) is 0 Å². The second-order valence-electron chi connectivity index (χ2n) is 6.46. The van der Waals surface area contributed by atoms with E-state index in [0.717, 1.165) is 32.9 Å². The highest BCUT2D eigenvalue weighted by atomic mass is 31.2. The van der Waals surface area contributed by atoms with Crippen LogP contribution in [-0.4, -0.2) is 21.1 Å². The third kappa shape index (κ3) is 3.92. The number of nitrogens with zero attached hydrogens (tertiary/aromatic N) is 1. The van der Waals surface area contributed by atoms with Gasteiger partial charge in [0.15, 0.2) is 0 Å². The fraction of sp³-hybridized carbons (Fsp3) is 0.0952. The lowest BCUT2D eigenvalue weighted by Crippen LogP contribution is -2.24. The first-order valence-electron chi connectivity index (χ1n) is 8.62. The minimum atomic E-state index is -4.21. The number of aromatic nitrogens is 1. The van der Waals surface area contributed by atoms with E-state index in [1.165, 1.54) is 0 Å². The fourth-order valence-corrected chi connectivity index (χ4v) is 3.75. The molecule has 4 aromatic rings. The number of pyridine rings is 1. The molecule has 0 aliphatic rings. The summed E-state index contributed by atoms with van der Waals surface area (Å²) in [5, 5.41) is 6.14. The van der Waals surface area contributed by atoms with Crippen molar-refractivity contribution in [2.75, 3.05) is 6.29 Å². The van der Waals surface area contributed by atoms with Crippen LogP contribution in [-0.2, 0) is 4.57 Å². The van der Waals surface area contributed by atoms with Crippen LogP contribution in [0.1, 0.15) is 17.3 Å². The van der Waals surface area contributed by atoms with E-state index in [1.54, 1.807) is 0 Å². The number of fused-ring (bicyclic) bond motifs is 2. The first-order chi connectivity index (χ1) is 13.0. The average molecular weight is 378 g/mol. The van der Waals surface area contributed by atoms with E-state index < -0.39 is 19.9 Å². The quantitative estimate of drug-likeness (QED) is 0.454. The summed E-state index contributed by atoms with van der Waals surface area (Å²) >= 11 is 0. The van der Waals surface area contributed by atoms with Gasteiger partial charge in [0.1, 0.15) is 0 Å². The average Bonchev–Trinajstić information content (AvgIpc) is 2.67. The van der Waals surface area contributed by atoms with Crippen LogP contribution >= 0.6 is 7.60 Å². The fourth-order valence-electron chi connectivity index (χ4n) is 3.33. The molecular formula is C21H19N2O3P. The summed E-state index contributed by atoms with van der Waals surface area (Å²) in [4.78, 5) is 23.5. The summed E-state index contributed by atoms with van der Waals surface area (Å²) < 4.78 is 11.5. The summed E-state index contributed by atoms with van der Waals surface area (Å²) in [5.74, 6) is 0. The molecule has 3 N–H and O–H groups in total. The van der Waals surface area contributed by atoms with Gasteiger partial charge in [0.2, 0.25) is 0 Å². The van der Waals surface area contributed by atoms with Crippen molar-refractivity contribution in [3.05, 3.63) is 90.1 Å². The third-order valence-electron chi connectivity index (χ3n) is 4.55. The van der Waals surface area contributed by atoms with Crippen molar-refractivity contribution in [1.29, 1.82) is 0 Å². The van der Waals surface area contributed by atoms with E-state index in [4.69, 9.17) is 4.98 Å². The van der Waals surface area contributed by atoms with Crippen LogP contribution in [0.25, 0.3) is 21.7 Å². The van der Waals surface area contributed by atoms with E-state index in [2.05, 4.69) is 5.32 Å². The van der Waals surface area contributed by atoms with Gasteiger partial charge in [0, 0.05) is 5.39 Å². The number of rotatable bonds is 5. The Labute approximate surface area is 156 Å². The van der Waals surface area contributed by atoms with Crippen molar-refractivity contribution in [1.82, 2.24) is 10.3 Å². The Kier molecular flexibility index (Phi) is 4.77. The van der Waals surface area contributed by atoms with Gasteiger partial charge in [-0.15, -0.1) is 0 Å². The molecule has 0 aliphatic heterocycles. The van der Waals surface area contributed by atoms with Crippen LogP contribution in [0.5, 0.6) is 0 Å². The monoisotopic (exact) mass is 378 g/mol. The number of hydrogen-bond donors (Lipinski definition) is 3. The smallest absolute Gasteiger partial charge is 0.324 e. The van der Waals surface area contributed by atoms with Gasteiger partial charge >= 0.3 is 7.60 Å². The highest BCUT2D eigenvalue weighted by molar-refractivity contribution is 7.51. The Hall–Kier alpha value is -2.56. The van der Waals surface area contributed by atoms with Crippen molar-refractivity contribution >= 4 is 29.3 Å². The molecule has 4 rings (SSSR count). The molecule has 1 atom stereocenters. The molecule has 0 spiro atoms. The largest absolute Gasteiger partial charge is 0.339 e. The topological polar surface area (TPSA) is 82.5 Å². The van der Waals surface area contributed by atoms with Crippen LogP contribution in [0.4, 0.5) is 0 Å². The molecule has 0 bridgehead atoms. The van der Waals surface area contributed by atoms with E-state index in [0.29, 0.717) is 0 Å². The van der Waals surface area contributed by atoms with Crippen molar-refractivity contribution < 1.29 is 14.4 Å². The molecule has 0 amide bonds. The zero-order chi connectivity index (χ0) is 18.9. The summed E-state index contributed by atoms with van der Waals surface area (Å²) in [6, 6.07) is 25.2. The van der Waals surface area contributed by atoms with Gasteiger partial charge in [-0.05, 0) is 28.5 Å². The number of para-hydroxylation sites is 1. The van der Waals surface area contributed by atoms with E-state index in [9.17, 15) is 14.4 Å². The number of benzene rings is 3. The minimum Gasteiger partial charge on any atom is -0.324 e. The molecule has 0 radical (unpaired) electrons. The van der Waals surface area contributed by atoms with E-state index in [1.807, 2.05) is 78.9 Å². The van der Waals surface area contributed by atoms with Gasteiger partial charge in [-0.25, -0.2) is 0 Å². The Balaban J connectivity index is 1.86. The lowest BCUT2D eigenvalue weighted by molar-refractivity contribution is 0.365.